The van der Waals surface area contributed by atoms with Crippen LogP contribution in [0.1, 0.15) is 316 Å². The Bertz CT molecular complexity index is 1430. The highest BCUT2D eigenvalue weighted by Crippen LogP contribution is 2.17. The van der Waals surface area contributed by atoms with E-state index in [2.05, 4.69) is 106 Å². The molecule has 75 heavy (non-hydrogen) atoms. The number of allylic oxidation sites excluding steroid dienone is 14. The minimum Gasteiger partial charge on any atom is -0.462 e. The monoisotopic (exact) mass is 1040 g/mol. The Morgan fingerprint density at radius 1 is 0.280 bits per heavy atom. The largest absolute Gasteiger partial charge is 0.462 e. The summed E-state index contributed by atoms with van der Waals surface area (Å²) in [5.74, 6) is -0.882. The van der Waals surface area contributed by atoms with Crippen LogP contribution in [-0.4, -0.2) is 37.2 Å². The third-order valence-electron chi connectivity index (χ3n) is 13.9. The second kappa shape index (κ2) is 63.1. The quantitative estimate of drug-likeness (QED) is 0.0261. The summed E-state index contributed by atoms with van der Waals surface area (Å²) in [4.78, 5) is 38.3. The van der Waals surface area contributed by atoms with Gasteiger partial charge in [0.05, 0.1) is 0 Å². The molecule has 0 saturated carbocycles. The lowest BCUT2D eigenvalue weighted by atomic mass is 10.0. The number of hydrogen-bond donors (Lipinski definition) is 0. The highest BCUT2D eigenvalue weighted by molar-refractivity contribution is 5.71. The fourth-order valence-corrected chi connectivity index (χ4v) is 9.08. The molecule has 1 atom stereocenters. The second-order valence-corrected chi connectivity index (χ2v) is 21.3. The zero-order valence-electron chi connectivity index (χ0n) is 49.6. The molecular formula is C69H120O6. The molecule has 0 bridgehead atoms. The molecule has 0 aliphatic carbocycles. The number of carbonyl (C=O) groups excluding carboxylic acids is 3. The van der Waals surface area contributed by atoms with Gasteiger partial charge in [-0.25, -0.2) is 0 Å². The Hall–Kier alpha value is -3.41. The molecule has 0 aliphatic rings. The van der Waals surface area contributed by atoms with Gasteiger partial charge >= 0.3 is 17.9 Å². The van der Waals surface area contributed by atoms with Crippen LogP contribution in [0.4, 0.5) is 0 Å². The van der Waals surface area contributed by atoms with E-state index in [0.29, 0.717) is 19.3 Å². The average molecular weight is 1050 g/mol. The van der Waals surface area contributed by atoms with Crippen molar-refractivity contribution in [1.82, 2.24) is 0 Å². The van der Waals surface area contributed by atoms with Crippen LogP contribution in [-0.2, 0) is 28.6 Å². The van der Waals surface area contributed by atoms with Crippen molar-refractivity contribution < 1.29 is 28.6 Å². The summed E-state index contributed by atoms with van der Waals surface area (Å²) in [7, 11) is 0. The van der Waals surface area contributed by atoms with Crippen LogP contribution >= 0.6 is 0 Å². The highest BCUT2D eigenvalue weighted by atomic mass is 16.6. The van der Waals surface area contributed by atoms with E-state index in [1.807, 2.05) is 0 Å². The maximum atomic E-state index is 12.9. The Morgan fingerprint density at radius 2 is 0.533 bits per heavy atom. The smallest absolute Gasteiger partial charge is 0.306 e. The van der Waals surface area contributed by atoms with E-state index >= 15 is 0 Å². The SMILES string of the molecule is CC/C=C\C/C=C\C/C=C\C/C=C\C/C=C\CCCCCCCCCCCCCC(=O)OCC(COC(=O)CCCCCCC/C=C\C/C=C\CCCC)OC(=O)CCCCCCCCCCCCCCCCCC. The molecule has 0 N–H and O–H groups in total. The molecule has 0 saturated heterocycles. The van der Waals surface area contributed by atoms with Gasteiger partial charge in [-0.3, -0.25) is 14.4 Å². The van der Waals surface area contributed by atoms with E-state index in [1.54, 1.807) is 0 Å². The number of ether oxygens (including phenoxy) is 3. The zero-order valence-corrected chi connectivity index (χ0v) is 49.6. The Labute approximate surface area is 465 Å². The van der Waals surface area contributed by atoms with Crippen molar-refractivity contribution in [2.24, 2.45) is 0 Å². The molecule has 1 unspecified atom stereocenters. The van der Waals surface area contributed by atoms with E-state index < -0.39 is 6.10 Å². The number of rotatable bonds is 58. The minimum atomic E-state index is -0.782. The first kappa shape index (κ1) is 71.6. The lowest BCUT2D eigenvalue weighted by Gasteiger charge is -2.18. The standard InChI is InChI=1S/C69H120O6/c1-4-7-10-13-16-19-22-25-28-30-31-32-33-34-35-36-37-38-39-40-42-44-47-50-53-56-59-62-68(71)74-65-66(64-73-67(70)61-58-55-52-49-46-43-27-24-21-18-15-12-9-6-3)75-69(72)63-60-57-54-51-48-45-41-29-26-23-20-17-14-11-8-5-2/h7,10,15-16,18-19,24-25,27-28,31-32,34-35,66H,4-6,8-9,11-14,17,20-23,26,29-30,33,36-65H2,1-3H3/b10-7-,18-15-,19-16-,27-24-,28-25-,32-31-,35-34-. The van der Waals surface area contributed by atoms with Gasteiger partial charge in [-0.2, -0.15) is 0 Å². The normalized spacial score (nSPS) is 12.6. The minimum absolute atomic E-state index is 0.0796. The molecule has 0 radical (unpaired) electrons. The first-order valence-electron chi connectivity index (χ1n) is 32.1. The summed E-state index contributed by atoms with van der Waals surface area (Å²) >= 11 is 0. The summed E-state index contributed by atoms with van der Waals surface area (Å²) in [5, 5.41) is 0. The molecule has 0 aromatic heterocycles. The van der Waals surface area contributed by atoms with E-state index in [-0.39, 0.29) is 31.1 Å². The predicted molar refractivity (Wildman–Crippen MR) is 325 cm³/mol. The Kier molecular flexibility index (Phi) is 60.3. The molecule has 6 nitrogen and oxygen atoms in total. The fourth-order valence-electron chi connectivity index (χ4n) is 9.08. The maximum absolute atomic E-state index is 12.9. The van der Waals surface area contributed by atoms with Crippen LogP contribution in [0.2, 0.25) is 0 Å². The van der Waals surface area contributed by atoms with Crippen molar-refractivity contribution >= 4 is 17.9 Å². The molecule has 0 aromatic carbocycles. The van der Waals surface area contributed by atoms with Gasteiger partial charge in [0.15, 0.2) is 6.10 Å². The van der Waals surface area contributed by atoms with E-state index in [1.165, 1.54) is 167 Å². The topological polar surface area (TPSA) is 78.9 Å². The highest BCUT2D eigenvalue weighted by Gasteiger charge is 2.19. The molecule has 6 heteroatoms. The zero-order chi connectivity index (χ0) is 54.3. The van der Waals surface area contributed by atoms with Gasteiger partial charge in [0, 0.05) is 19.3 Å². The van der Waals surface area contributed by atoms with Crippen molar-refractivity contribution in [3.63, 3.8) is 0 Å². The summed E-state index contributed by atoms with van der Waals surface area (Å²) in [6.45, 7) is 6.51. The third-order valence-corrected chi connectivity index (χ3v) is 13.9. The van der Waals surface area contributed by atoms with E-state index in [4.69, 9.17) is 14.2 Å². The van der Waals surface area contributed by atoms with Gasteiger partial charge < -0.3 is 14.2 Å². The van der Waals surface area contributed by atoms with Crippen LogP contribution in [0.25, 0.3) is 0 Å². The van der Waals surface area contributed by atoms with Gasteiger partial charge in [0.25, 0.3) is 0 Å². The first-order chi connectivity index (χ1) is 37.0. The van der Waals surface area contributed by atoms with Crippen LogP contribution < -0.4 is 0 Å². The molecule has 0 heterocycles. The van der Waals surface area contributed by atoms with Gasteiger partial charge in [-0.1, -0.05) is 292 Å². The lowest BCUT2D eigenvalue weighted by molar-refractivity contribution is -0.167. The number of hydrogen-bond acceptors (Lipinski definition) is 6. The lowest BCUT2D eigenvalue weighted by Crippen LogP contribution is -2.30. The Morgan fingerprint density at radius 3 is 0.853 bits per heavy atom. The number of unbranched alkanes of at least 4 members (excludes halogenated alkanes) is 33. The maximum Gasteiger partial charge on any atom is 0.306 e. The van der Waals surface area contributed by atoms with Crippen molar-refractivity contribution in [3.8, 4) is 0 Å². The Balaban J connectivity index is 4.29. The fraction of sp³-hybridized carbons (Fsp3) is 0.754. The third kappa shape index (κ3) is 61.3. The van der Waals surface area contributed by atoms with Crippen molar-refractivity contribution in [2.45, 2.75) is 322 Å². The second-order valence-electron chi connectivity index (χ2n) is 21.3. The van der Waals surface area contributed by atoms with Crippen molar-refractivity contribution in [1.29, 1.82) is 0 Å². The summed E-state index contributed by atoms with van der Waals surface area (Å²) < 4.78 is 16.9. The van der Waals surface area contributed by atoms with Gasteiger partial charge in [0.2, 0.25) is 0 Å². The summed E-state index contributed by atoms with van der Waals surface area (Å²) in [6, 6.07) is 0. The van der Waals surface area contributed by atoms with Crippen LogP contribution in [0, 0.1) is 0 Å². The molecule has 0 rings (SSSR count). The molecule has 0 aromatic rings. The van der Waals surface area contributed by atoms with Crippen LogP contribution in [0.3, 0.4) is 0 Å². The number of esters is 3. The van der Waals surface area contributed by atoms with E-state index in [9.17, 15) is 14.4 Å². The van der Waals surface area contributed by atoms with E-state index in [0.717, 1.165) is 109 Å². The first-order valence-corrected chi connectivity index (χ1v) is 32.1. The van der Waals surface area contributed by atoms with Crippen molar-refractivity contribution in [3.05, 3.63) is 85.1 Å². The molecule has 0 fully saturated rings. The molecule has 0 spiro atoms. The van der Waals surface area contributed by atoms with Gasteiger partial charge in [-0.15, -0.1) is 0 Å². The molecular weight excluding hydrogens is 925 g/mol. The van der Waals surface area contributed by atoms with Gasteiger partial charge in [-0.05, 0) is 89.9 Å². The van der Waals surface area contributed by atoms with Crippen molar-refractivity contribution in [2.75, 3.05) is 13.2 Å². The molecule has 432 valence electrons. The summed E-state index contributed by atoms with van der Waals surface area (Å²) in [5.41, 5.74) is 0. The van der Waals surface area contributed by atoms with Gasteiger partial charge in [0.1, 0.15) is 13.2 Å². The van der Waals surface area contributed by atoms with Crippen LogP contribution in [0.15, 0.2) is 85.1 Å². The molecule has 0 aliphatic heterocycles. The summed E-state index contributed by atoms with van der Waals surface area (Å²) in [6.07, 6.45) is 83.0. The number of carbonyl (C=O) groups is 3. The average Bonchev–Trinajstić information content (AvgIpc) is 3.41. The van der Waals surface area contributed by atoms with Crippen LogP contribution in [0.5, 0.6) is 0 Å². The molecule has 0 amide bonds. The predicted octanol–water partition coefficient (Wildman–Crippen LogP) is 21.9.